The van der Waals surface area contributed by atoms with Crippen molar-refractivity contribution in [3.63, 3.8) is 0 Å². The van der Waals surface area contributed by atoms with Gasteiger partial charge in [-0.3, -0.25) is 9.48 Å². The topological polar surface area (TPSA) is 59.4 Å². The standard InChI is InChI=1S/C20H21F3N4O2S/c1-12-15-10-17(30-19(15)26(2)25-12)18(28)24-11-13-3-4-14(9-16(13)20(21,22)23)27-5-7-29-8-6-27/h3-4,9-10H,5-8,11H2,1-2H3,(H,24,28). The number of amides is 1. The number of rotatable bonds is 4. The first-order valence-electron chi connectivity index (χ1n) is 9.48. The maximum absolute atomic E-state index is 13.7. The van der Waals surface area contributed by atoms with Crippen molar-refractivity contribution in [2.24, 2.45) is 7.05 Å². The second-order valence-electron chi connectivity index (χ2n) is 7.16. The van der Waals surface area contributed by atoms with Crippen molar-refractivity contribution >= 4 is 33.1 Å². The van der Waals surface area contributed by atoms with E-state index in [2.05, 4.69) is 10.4 Å². The Balaban J connectivity index is 1.54. The van der Waals surface area contributed by atoms with Crippen LogP contribution in [0.1, 0.15) is 26.5 Å². The van der Waals surface area contributed by atoms with Crippen molar-refractivity contribution in [1.29, 1.82) is 0 Å². The van der Waals surface area contributed by atoms with Crippen LogP contribution in [0, 0.1) is 6.92 Å². The lowest BCUT2D eigenvalue weighted by Gasteiger charge is -2.29. The molecule has 0 unspecified atom stereocenters. The summed E-state index contributed by atoms with van der Waals surface area (Å²) in [5.74, 6) is -0.402. The molecule has 160 valence electrons. The molecule has 30 heavy (non-hydrogen) atoms. The molecule has 1 aromatic carbocycles. The molecule has 6 nitrogen and oxygen atoms in total. The second-order valence-corrected chi connectivity index (χ2v) is 8.19. The fourth-order valence-electron chi connectivity index (χ4n) is 3.58. The average Bonchev–Trinajstić information content (AvgIpc) is 3.27. The van der Waals surface area contributed by atoms with Gasteiger partial charge in [-0.05, 0) is 30.7 Å². The van der Waals surface area contributed by atoms with E-state index >= 15 is 0 Å². The van der Waals surface area contributed by atoms with Crippen LogP contribution < -0.4 is 10.2 Å². The molecule has 1 aliphatic heterocycles. The Hall–Kier alpha value is -2.59. The number of thiophene rings is 1. The van der Waals surface area contributed by atoms with Gasteiger partial charge in [-0.25, -0.2) is 0 Å². The smallest absolute Gasteiger partial charge is 0.378 e. The first-order chi connectivity index (χ1) is 14.2. The number of aryl methyl sites for hydroxylation is 2. The van der Waals surface area contributed by atoms with Crippen LogP contribution in [0.4, 0.5) is 18.9 Å². The highest BCUT2D eigenvalue weighted by Gasteiger charge is 2.34. The van der Waals surface area contributed by atoms with Gasteiger partial charge in [0.05, 0.1) is 29.3 Å². The molecule has 1 aliphatic rings. The summed E-state index contributed by atoms with van der Waals surface area (Å²) >= 11 is 1.27. The molecule has 0 spiro atoms. The number of fused-ring (bicyclic) bond motifs is 1. The fraction of sp³-hybridized carbons (Fsp3) is 0.400. The van der Waals surface area contributed by atoms with Crippen molar-refractivity contribution in [1.82, 2.24) is 15.1 Å². The maximum atomic E-state index is 13.7. The number of carbonyl (C=O) groups excluding carboxylic acids is 1. The van der Waals surface area contributed by atoms with Crippen molar-refractivity contribution in [2.45, 2.75) is 19.6 Å². The van der Waals surface area contributed by atoms with Gasteiger partial charge in [0.2, 0.25) is 0 Å². The van der Waals surface area contributed by atoms with Gasteiger partial charge >= 0.3 is 6.18 Å². The molecule has 0 atom stereocenters. The van der Waals surface area contributed by atoms with E-state index in [1.165, 1.54) is 17.4 Å². The predicted octanol–water partition coefficient (Wildman–Crippen LogP) is 3.73. The minimum absolute atomic E-state index is 0.0341. The summed E-state index contributed by atoms with van der Waals surface area (Å²) in [4.78, 5) is 15.7. The molecule has 2 aromatic heterocycles. The number of hydrogen-bond acceptors (Lipinski definition) is 5. The Labute approximate surface area is 175 Å². The molecule has 0 saturated carbocycles. The molecule has 0 aliphatic carbocycles. The summed E-state index contributed by atoms with van der Waals surface area (Å²) in [6.45, 7) is 3.72. The van der Waals surface area contributed by atoms with Crippen LogP contribution >= 0.6 is 11.3 Å². The summed E-state index contributed by atoms with van der Waals surface area (Å²) in [6.07, 6.45) is -4.51. The maximum Gasteiger partial charge on any atom is 0.416 e. The Morgan fingerprint density at radius 2 is 2.00 bits per heavy atom. The Kier molecular flexibility index (Phi) is 5.46. The third-order valence-corrected chi connectivity index (χ3v) is 6.34. The van der Waals surface area contributed by atoms with Crippen LogP contribution in [-0.4, -0.2) is 42.0 Å². The number of alkyl halides is 3. The van der Waals surface area contributed by atoms with E-state index in [4.69, 9.17) is 4.74 Å². The molecule has 3 aromatic rings. The van der Waals surface area contributed by atoms with Gasteiger partial charge in [0.25, 0.3) is 5.91 Å². The van der Waals surface area contributed by atoms with Crippen molar-refractivity contribution in [2.75, 3.05) is 31.2 Å². The van der Waals surface area contributed by atoms with Gasteiger partial charge < -0.3 is 15.0 Å². The minimum atomic E-state index is -4.51. The molecular formula is C20H21F3N4O2S. The first kappa shape index (κ1) is 20.7. The number of morpholine rings is 1. The van der Waals surface area contributed by atoms with Crippen molar-refractivity contribution in [3.8, 4) is 0 Å². The number of aromatic nitrogens is 2. The predicted molar refractivity (Wildman–Crippen MR) is 109 cm³/mol. The summed E-state index contributed by atoms with van der Waals surface area (Å²) in [7, 11) is 1.79. The zero-order valence-corrected chi connectivity index (χ0v) is 17.4. The number of carbonyl (C=O) groups is 1. The van der Waals surface area contributed by atoms with E-state index < -0.39 is 17.6 Å². The third-order valence-electron chi connectivity index (χ3n) is 5.13. The number of benzene rings is 1. The van der Waals surface area contributed by atoms with E-state index in [1.54, 1.807) is 23.9 Å². The van der Waals surface area contributed by atoms with Gasteiger partial charge in [0.1, 0.15) is 4.83 Å². The highest BCUT2D eigenvalue weighted by atomic mass is 32.1. The second kappa shape index (κ2) is 7.92. The molecule has 4 rings (SSSR count). The number of ether oxygens (including phenoxy) is 1. The summed E-state index contributed by atoms with van der Waals surface area (Å²) < 4.78 is 48.0. The molecule has 0 bridgehead atoms. The zero-order chi connectivity index (χ0) is 21.5. The molecule has 1 N–H and O–H groups in total. The summed E-state index contributed by atoms with van der Waals surface area (Å²) in [5.41, 5.74) is 0.615. The summed E-state index contributed by atoms with van der Waals surface area (Å²) in [5, 5.41) is 7.79. The third kappa shape index (κ3) is 4.01. The van der Waals surface area contributed by atoms with Gasteiger partial charge in [-0.1, -0.05) is 6.07 Å². The van der Waals surface area contributed by atoms with Gasteiger partial charge in [0, 0.05) is 37.8 Å². The fourth-order valence-corrected chi connectivity index (χ4v) is 4.62. The Bertz CT molecular complexity index is 1050. The van der Waals surface area contributed by atoms with Crippen LogP contribution in [0.15, 0.2) is 24.3 Å². The quantitative estimate of drug-likeness (QED) is 0.675. The molecule has 1 amide bonds. The van der Waals surface area contributed by atoms with E-state index in [9.17, 15) is 18.0 Å². The SMILES string of the molecule is Cc1nn(C)c2sc(C(=O)NCc3ccc(N4CCOCC4)cc3C(F)(F)F)cc12. The number of nitrogens with one attached hydrogen (secondary N) is 1. The van der Waals surface area contributed by atoms with Crippen molar-refractivity contribution in [3.05, 3.63) is 46.0 Å². The first-order valence-corrected chi connectivity index (χ1v) is 10.3. The Morgan fingerprint density at radius 1 is 1.27 bits per heavy atom. The number of hydrogen-bond donors (Lipinski definition) is 1. The zero-order valence-electron chi connectivity index (χ0n) is 16.5. The molecule has 1 saturated heterocycles. The number of nitrogens with zero attached hydrogens (tertiary/aromatic N) is 3. The molecule has 3 heterocycles. The molecule has 1 fully saturated rings. The minimum Gasteiger partial charge on any atom is -0.378 e. The van der Waals surface area contributed by atoms with Crippen LogP contribution in [-0.2, 0) is 24.5 Å². The Morgan fingerprint density at radius 3 is 2.67 bits per heavy atom. The lowest BCUT2D eigenvalue weighted by atomic mass is 10.0. The highest BCUT2D eigenvalue weighted by Crippen LogP contribution is 2.35. The van der Waals surface area contributed by atoms with Crippen molar-refractivity contribution < 1.29 is 22.7 Å². The summed E-state index contributed by atoms with van der Waals surface area (Å²) in [6, 6.07) is 5.98. The van der Waals surface area contributed by atoms with Crippen LogP contribution in [0.5, 0.6) is 0 Å². The lowest BCUT2D eigenvalue weighted by molar-refractivity contribution is -0.138. The number of anilines is 1. The molecule has 10 heteroatoms. The van der Waals surface area contributed by atoms with Crippen LogP contribution in [0.3, 0.4) is 0 Å². The average molecular weight is 438 g/mol. The lowest BCUT2D eigenvalue weighted by Crippen LogP contribution is -2.36. The largest absolute Gasteiger partial charge is 0.416 e. The van der Waals surface area contributed by atoms with Crippen LogP contribution in [0.25, 0.3) is 10.2 Å². The van der Waals surface area contributed by atoms with E-state index in [0.29, 0.717) is 36.9 Å². The van der Waals surface area contributed by atoms with E-state index in [0.717, 1.165) is 22.0 Å². The van der Waals surface area contributed by atoms with Gasteiger partial charge in [0.15, 0.2) is 0 Å². The van der Waals surface area contributed by atoms with E-state index in [-0.39, 0.29) is 12.1 Å². The van der Waals surface area contributed by atoms with Crippen LogP contribution in [0.2, 0.25) is 0 Å². The van der Waals surface area contributed by atoms with Gasteiger partial charge in [-0.15, -0.1) is 11.3 Å². The molecular weight excluding hydrogens is 417 g/mol. The molecule has 0 radical (unpaired) electrons. The van der Waals surface area contributed by atoms with Gasteiger partial charge in [-0.2, -0.15) is 18.3 Å². The number of halogens is 3. The van der Waals surface area contributed by atoms with E-state index in [1.807, 2.05) is 11.8 Å². The monoisotopic (exact) mass is 438 g/mol. The normalized spacial score (nSPS) is 15.0. The highest BCUT2D eigenvalue weighted by molar-refractivity contribution is 7.20.